The van der Waals surface area contributed by atoms with Gasteiger partial charge in [0.1, 0.15) is 10.7 Å². The molecule has 1 heterocycles. The molecule has 0 fully saturated rings. The predicted molar refractivity (Wildman–Crippen MR) is 73.0 cm³/mol. The quantitative estimate of drug-likeness (QED) is 0.408. The summed E-state index contributed by atoms with van der Waals surface area (Å²) in [5, 5.41) is 0. The van der Waals surface area contributed by atoms with Gasteiger partial charge in [-0.3, -0.25) is 0 Å². The molecule has 1 rings (SSSR count). The monoisotopic (exact) mass is 288 g/mol. The van der Waals surface area contributed by atoms with Crippen LogP contribution in [0.15, 0.2) is 23.2 Å². The van der Waals surface area contributed by atoms with Crippen molar-refractivity contribution in [3.8, 4) is 0 Å². The summed E-state index contributed by atoms with van der Waals surface area (Å²) >= 11 is 0. The first-order chi connectivity index (χ1) is 9.06. The number of rotatable bonds is 8. The van der Waals surface area contributed by atoms with E-state index in [9.17, 15) is 8.42 Å². The van der Waals surface area contributed by atoms with E-state index in [4.69, 9.17) is 10.6 Å². The number of nitrogens with two attached hydrogens (primary N) is 1. The van der Waals surface area contributed by atoms with Crippen molar-refractivity contribution >= 4 is 15.8 Å². The van der Waals surface area contributed by atoms with Crippen molar-refractivity contribution in [2.75, 3.05) is 31.7 Å². The van der Waals surface area contributed by atoms with Crippen molar-refractivity contribution in [1.29, 1.82) is 0 Å². The third kappa shape index (κ3) is 4.13. The van der Waals surface area contributed by atoms with Crippen molar-refractivity contribution in [1.82, 2.24) is 9.29 Å². The molecule has 8 heteroatoms. The van der Waals surface area contributed by atoms with Gasteiger partial charge >= 0.3 is 0 Å². The lowest BCUT2D eigenvalue weighted by atomic mass is 10.5. The average molecular weight is 288 g/mol. The zero-order valence-electron chi connectivity index (χ0n) is 11.2. The lowest BCUT2D eigenvalue weighted by Gasteiger charge is -2.20. The van der Waals surface area contributed by atoms with Crippen molar-refractivity contribution in [2.45, 2.75) is 18.7 Å². The molecule has 0 atom stereocenters. The topological polar surface area (TPSA) is 97.5 Å². The Morgan fingerprint density at radius 2 is 2.16 bits per heavy atom. The molecule has 1 aromatic rings. The SMILES string of the molecule is CCOCCN(CC)S(=O)(=O)c1ccc(NN)nc1. The second-order valence-electron chi connectivity index (χ2n) is 3.72. The van der Waals surface area contributed by atoms with E-state index in [-0.39, 0.29) is 4.90 Å². The van der Waals surface area contributed by atoms with E-state index in [0.29, 0.717) is 32.1 Å². The number of pyridine rings is 1. The molecule has 0 unspecified atom stereocenters. The molecule has 0 aliphatic rings. The summed E-state index contributed by atoms with van der Waals surface area (Å²) in [5.41, 5.74) is 2.35. The third-order valence-corrected chi connectivity index (χ3v) is 4.52. The highest BCUT2D eigenvalue weighted by Crippen LogP contribution is 2.15. The third-order valence-electron chi connectivity index (χ3n) is 2.56. The largest absolute Gasteiger partial charge is 0.380 e. The summed E-state index contributed by atoms with van der Waals surface area (Å²) in [6.07, 6.45) is 1.29. The van der Waals surface area contributed by atoms with E-state index >= 15 is 0 Å². The number of ether oxygens (including phenoxy) is 1. The van der Waals surface area contributed by atoms with Crippen LogP contribution in [0.5, 0.6) is 0 Å². The van der Waals surface area contributed by atoms with Gasteiger partial charge < -0.3 is 10.2 Å². The molecule has 0 radical (unpaired) electrons. The number of hydrazine groups is 1. The number of anilines is 1. The second kappa shape index (κ2) is 7.39. The van der Waals surface area contributed by atoms with E-state index in [2.05, 4.69) is 10.4 Å². The smallest absolute Gasteiger partial charge is 0.244 e. The van der Waals surface area contributed by atoms with Gasteiger partial charge in [0.15, 0.2) is 0 Å². The summed E-state index contributed by atoms with van der Waals surface area (Å²) in [5.74, 6) is 5.60. The lowest BCUT2D eigenvalue weighted by molar-refractivity contribution is 0.135. The Balaban J connectivity index is 2.86. The van der Waals surface area contributed by atoms with Crippen LogP contribution in [-0.2, 0) is 14.8 Å². The lowest BCUT2D eigenvalue weighted by Crippen LogP contribution is -2.34. The Morgan fingerprint density at radius 3 is 2.63 bits per heavy atom. The van der Waals surface area contributed by atoms with Crippen molar-refractivity contribution in [3.05, 3.63) is 18.3 Å². The number of likely N-dealkylation sites (N-methyl/N-ethyl adjacent to an activating group) is 1. The van der Waals surface area contributed by atoms with Crippen molar-refractivity contribution in [3.63, 3.8) is 0 Å². The maximum atomic E-state index is 12.3. The predicted octanol–water partition coefficient (Wildman–Crippen LogP) is 0.414. The fourth-order valence-electron chi connectivity index (χ4n) is 1.53. The summed E-state index contributed by atoms with van der Waals surface area (Å²) in [6.45, 7) is 5.30. The number of nitrogens with zero attached hydrogens (tertiary/aromatic N) is 2. The molecule has 19 heavy (non-hydrogen) atoms. The number of nitrogen functional groups attached to an aromatic ring is 1. The summed E-state index contributed by atoms with van der Waals surface area (Å²) in [7, 11) is -3.53. The van der Waals surface area contributed by atoms with Gasteiger partial charge in [-0.15, -0.1) is 0 Å². The van der Waals surface area contributed by atoms with Crippen LogP contribution in [0.2, 0.25) is 0 Å². The van der Waals surface area contributed by atoms with Crippen LogP contribution in [0.1, 0.15) is 13.8 Å². The molecule has 0 spiro atoms. The van der Waals surface area contributed by atoms with Crippen LogP contribution in [-0.4, -0.2) is 44.0 Å². The van der Waals surface area contributed by atoms with E-state index in [1.807, 2.05) is 6.92 Å². The highest BCUT2D eigenvalue weighted by Gasteiger charge is 2.22. The van der Waals surface area contributed by atoms with Gasteiger partial charge in [-0.1, -0.05) is 6.92 Å². The van der Waals surface area contributed by atoms with Crippen LogP contribution in [0.25, 0.3) is 0 Å². The minimum atomic E-state index is -3.53. The maximum absolute atomic E-state index is 12.3. The van der Waals surface area contributed by atoms with Gasteiger partial charge in [-0.25, -0.2) is 19.2 Å². The summed E-state index contributed by atoms with van der Waals surface area (Å²) in [4.78, 5) is 4.05. The molecule has 0 bridgehead atoms. The molecule has 108 valence electrons. The van der Waals surface area contributed by atoms with Gasteiger partial charge in [-0.05, 0) is 19.1 Å². The fraction of sp³-hybridized carbons (Fsp3) is 0.545. The highest BCUT2D eigenvalue weighted by molar-refractivity contribution is 7.89. The van der Waals surface area contributed by atoms with Crippen LogP contribution in [0, 0.1) is 0 Å². The Bertz CT molecular complexity index is 475. The van der Waals surface area contributed by atoms with E-state index < -0.39 is 10.0 Å². The molecule has 0 aromatic carbocycles. The van der Waals surface area contributed by atoms with Gasteiger partial charge in [-0.2, -0.15) is 4.31 Å². The molecule has 0 saturated carbocycles. The number of hydrogen-bond donors (Lipinski definition) is 2. The Labute approximate surface area is 113 Å². The van der Waals surface area contributed by atoms with Crippen LogP contribution < -0.4 is 11.3 Å². The molecule has 0 aliphatic carbocycles. The summed E-state index contributed by atoms with van der Waals surface area (Å²) in [6, 6.07) is 2.99. The molecule has 3 N–H and O–H groups in total. The van der Waals surface area contributed by atoms with Gasteiger partial charge in [0, 0.05) is 25.9 Å². The first-order valence-electron chi connectivity index (χ1n) is 6.06. The normalized spacial score (nSPS) is 11.8. The zero-order chi connectivity index (χ0) is 14.3. The molecule has 1 aromatic heterocycles. The average Bonchev–Trinajstić information content (AvgIpc) is 2.43. The Hall–Kier alpha value is -1.22. The Kier molecular flexibility index (Phi) is 6.16. The van der Waals surface area contributed by atoms with Gasteiger partial charge in [0.25, 0.3) is 0 Å². The Morgan fingerprint density at radius 1 is 1.42 bits per heavy atom. The van der Waals surface area contributed by atoms with E-state index in [0.717, 1.165) is 0 Å². The number of sulfonamides is 1. The molecule has 7 nitrogen and oxygen atoms in total. The second-order valence-corrected chi connectivity index (χ2v) is 5.66. The first kappa shape index (κ1) is 15.8. The number of hydrogen-bond acceptors (Lipinski definition) is 6. The molecule has 0 aliphatic heterocycles. The van der Waals surface area contributed by atoms with Crippen LogP contribution in [0.4, 0.5) is 5.82 Å². The maximum Gasteiger partial charge on any atom is 0.244 e. The highest BCUT2D eigenvalue weighted by atomic mass is 32.2. The van der Waals surface area contributed by atoms with E-state index in [1.165, 1.54) is 22.6 Å². The number of aromatic nitrogens is 1. The number of nitrogens with one attached hydrogen (secondary N) is 1. The molecule has 0 amide bonds. The summed E-state index contributed by atoms with van der Waals surface area (Å²) < 4.78 is 31.2. The standard InChI is InChI=1S/C11H20N4O3S/c1-3-15(7-8-18-4-2)19(16,17)10-5-6-11(14-12)13-9-10/h5-6,9H,3-4,7-8,12H2,1-2H3,(H,13,14). The van der Waals surface area contributed by atoms with Crippen LogP contribution >= 0.6 is 0 Å². The molecule has 0 saturated heterocycles. The minimum absolute atomic E-state index is 0.143. The molecular weight excluding hydrogens is 268 g/mol. The van der Waals surface area contributed by atoms with Crippen molar-refractivity contribution < 1.29 is 13.2 Å². The van der Waals surface area contributed by atoms with Crippen LogP contribution in [0.3, 0.4) is 0 Å². The fourth-order valence-corrected chi connectivity index (χ4v) is 2.91. The zero-order valence-corrected chi connectivity index (χ0v) is 12.0. The molecular formula is C11H20N4O3S. The first-order valence-corrected chi connectivity index (χ1v) is 7.50. The van der Waals surface area contributed by atoms with E-state index in [1.54, 1.807) is 6.92 Å². The van der Waals surface area contributed by atoms with Gasteiger partial charge in [0.05, 0.1) is 6.61 Å². The van der Waals surface area contributed by atoms with Gasteiger partial charge in [0.2, 0.25) is 10.0 Å². The minimum Gasteiger partial charge on any atom is -0.380 e. The van der Waals surface area contributed by atoms with Crippen molar-refractivity contribution in [2.24, 2.45) is 5.84 Å².